The molecule has 1 aliphatic rings. The number of nitro benzene ring substituents is 1. The molecule has 1 aliphatic carbocycles. The first kappa shape index (κ1) is 22.7. The molecule has 170 valence electrons. The number of hydrogen-bond acceptors (Lipinski definition) is 10. The summed E-state index contributed by atoms with van der Waals surface area (Å²) in [4.78, 5) is 33.9. The molecular formula is C20H22N4O5S3. The van der Waals surface area contributed by atoms with E-state index in [1.54, 1.807) is 23.3 Å². The number of rotatable bonds is 6. The molecule has 0 saturated heterocycles. The minimum Gasteiger partial charge on any atom is -0.345 e. The van der Waals surface area contributed by atoms with Crippen LogP contribution in [0.4, 0.5) is 10.8 Å². The summed E-state index contributed by atoms with van der Waals surface area (Å²) in [6.07, 6.45) is 7.01. The molecule has 4 rings (SSSR count). The molecule has 12 heteroatoms. The molecule has 2 aromatic heterocycles. The SMILES string of the molecule is CN(Cc1csc(C2CCCCC2)n1)c1nc(=O)c2cc(S(C)(=O)=O)cc([N+](=O)[O-])c2s1. The largest absolute Gasteiger partial charge is 0.345 e. The summed E-state index contributed by atoms with van der Waals surface area (Å²) in [5.74, 6) is 0.509. The van der Waals surface area contributed by atoms with Crippen LogP contribution in [0.5, 0.6) is 0 Å². The van der Waals surface area contributed by atoms with Crippen LogP contribution < -0.4 is 10.5 Å². The summed E-state index contributed by atoms with van der Waals surface area (Å²) in [5, 5.41) is 15.0. The molecule has 1 saturated carbocycles. The molecular weight excluding hydrogens is 472 g/mol. The molecule has 0 bridgehead atoms. The molecule has 0 radical (unpaired) electrons. The lowest BCUT2D eigenvalue weighted by atomic mass is 9.90. The average Bonchev–Trinajstić information content (AvgIpc) is 3.21. The third-order valence-corrected chi connectivity index (χ3v) is 8.91. The number of benzene rings is 1. The van der Waals surface area contributed by atoms with Crippen molar-refractivity contribution in [2.75, 3.05) is 18.2 Å². The van der Waals surface area contributed by atoms with Crippen molar-refractivity contribution in [3.05, 3.63) is 48.7 Å². The fraction of sp³-hybridized carbons (Fsp3) is 0.450. The molecule has 1 fully saturated rings. The Morgan fingerprint density at radius 2 is 1.94 bits per heavy atom. The molecule has 3 aromatic rings. The monoisotopic (exact) mass is 494 g/mol. The fourth-order valence-corrected chi connectivity index (χ4v) is 6.54. The van der Waals surface area contributed by atoms with Crippen LogP contribution in [0.1, 0.15) is 48.7 Å². The molecule has 1 aromatic carbocycles. The van der Waals surface area contributed by atoms with E-state index in [4.69, 9.17) is 4.98 Å². The predicted octanol–water partition coefficient (Wildman–Crippen LogP) is 4.11. The van der Waals surface area contributed by atoms with E-state index < -0.39 is 26.0 Å². The number of nitro groups is 1. The molecule has 0 atom stereocenters. The second-order valence-corrected chi connectivity index (χ2v) is 11.9. The minimum atomic E-state index is -3.73. The zero-order valence-electron chi connectivity index (χ0n) is 17.6. The maximum atomic E-state index is 12.7. The molecule has 0 unspecified atom stereocenters. The first-order valence-electron chi connectivity index (χ1n) is 10.1. The Morgan fingerprint density at radius 1 is 1.22 bits per heavy atom. The van der Waals surface area contributed by atoms with Crippen LogP contribution >= 0.6 is 22.7 Å². The maximum Gasteiger partial charge on any atom is 0.288 e. The van der Waals surface area contributed by atoms with Gasteiger partial charge in [-0.05, 0) is 18.9 Å². The average molecular weight is 495 g/mol. The molecule has 0 spiro atoms. The highest BCUT2D eigenvalue weighted by Gasteiger charge is 2.23. The van der Waals surface area contributed by atoms with Gasteiger partial charge in [-0.15, -0.1) is 11.3 Å². The van der Waals surface area contributed by atoms with Gasteiger partial charge in [0, 0.05) is 30.7 Å². The van der Waals surface area contributed by atoms with Crippen molar-refractivity contribution in [1.82, 2.24) is 9.97 Å². The highest BCUT2D eigenvalue weighted by molar-refractivity contribution is 7.90. The summed E-state index contributed by atoms with van der Waals surface area (Å²) >= 11 is 2.64. The molecule has 0 N–H and O–H groups in total. The Hall–Kier alpha value is -2.44. The number of fused-ring (bicyclic) bond motifs is 1. The molecule has 2 heterocycles. The highest BCUT2D eigenvalue weighted by atomic mass is 32.2. The Labute approximate surface area is 192 Å². The van der Waals surface area contributed by atoms with Crippen LogP contribution in [0, 0.1) is 10.1 Å². The van der Waals surface area contributed by atoms with Crippen molar-refractivity contribution >= 4 is 53.4 Å². The predicted molar refractivity (Wildman–Crippen MR) is 126 cm³/mol. The van der Waals surface area contributed by atoms with Gasteiger partial charge in [0.15, 0.2) is 15.0 Å². The molecule has 0 amide bonds. The van der Waals surface area contributed by atoms with Gasteiger partial charge in [-0.2, -0.15) is 4.98 Å². The van der Waals surface area contributed by atoms with Crippen LogP contribution in [0.2, 0.25) is 0 Å². The van der Waals surface area contributed by atoms with Crippen LogP contribution in [0.3, 0.4) is 0 Å². The summed E-state index contributed by atoms with van der Waals surface area (Å²) in [6.45, 7) is 0.410. The third kappa shape index (κ3) is 4.66. The van der Waals surface area contributed by atoms with Crippen molar-refractivity contribution in [3.8, 4) is 0 Å². The van der Waals surface area contributed by atoms with Gasteiger partial charge in [-0.25, -0.2) is 13.4 Å². The number of anilines is 1. The third-order valence-electron chi connectivity index (χ3n) is 5.54. The maximum absolute atomic E-state index is 12.7. The van der Waals surface area contributed by atoms with Crippen LogP contribution in [0.25, 0.3) is 10.1 Å². The normalized spacial score (nSPS) is 15.2. The van der Waals surface area contributed by atoms with Gasteiger partial charge in [0.25, 0.3) is 11.2 Å². The van der Waals surface area contributed by atoms with Gasteiger partial charge in [0.2, 0.25) is 0 Å². The topological polar surface area (TPSA) is 123 Å². The Kier molecular flexibility index (Phi) is 6.28. The summed E-state index contributed by atoms with van der Waals surface area (Å²) in [5.41, 5.74) is -0.257. The Bertz CT molecular complexity index is 1340. The Morgan fingerprint density at radius 3 is 2.59 bits per heavy atom. The summed E-state index contributed by atoms with van der Waals surface area (Å²) in [7, 11) is -1.97. The number of thiazole rings is 1. The van der Waals surface area contributed by atoms with Gasteiger partial charge < -0.3 is 4.90 Å². The van der Waals surface area contributed by atoms with Crippen molar-refractivity contribution < 1.29 is 13.3 Å². The van der Waals surface area contributed by atoms with E-state index in [9.17, 15) is 23.3 Å². The zero-order chi connectivity index (χ0) is 23.0. The molecule has 9 nitrogen and oxygen atoms in total. The van der Waals surface area contributed by atoms with Gasteiger partial charge in [0.1, 0.15) is 4.70 Å². The second-order valence-electron chi connectivity index (χ2n) is 8.02. The van der Waals surface area contributed by atoms with Gasteiger partial charge >= 0.3 is 0 Å². The van der Waals surface area contributed by atoms with Crippen molar-refractivity contribution in [3.63, 3.8) is 0 Å². The fourth-order valence-electron chi connectivity index (χ4n) is 3.87. The van der Waals surface area contributed by atoms with E-state index in [1.807, 2.05) is 5.38 Å². The zero-order valence-corrected chi connectivity index (χ0v) is 20.1. The number of aromatic nitrogens is 2. The second kappa shape index (κ2) is 8.83. The smallest absolute Gasteiger partial charge is 0.288 e. The molecule has 32 heavy (non-hydrogen) atoms. The van der Waals surface area contributed by atoms with E-state index in [2.05, 4.69) is 4.98 Å². The standard InChI is InChI=1S/C20H22N4O5S3/c1-23(10-13-11-30-19(21-13)12-6-4-3-5-7-12)20-22-18(25)15-8-14(32(2,28)29)9-16(24(26)27)17(15)31-20/h8-9,11-12H,3-7,10H2,1-2H3. The Balaban J connectivity index is 1.67. The number of nitrogens with zero attached hydrogens (tertiary/aromatic N) is 4. The lowest BCUT2D eigenvalue weighted by molar-refractivity contribution is -0.383. The van der Waals surface area contributed by atoms with E-state index in [0.29, 0.717) is 17.6 Å². The lowest BCUT2D eigenvalue weighted by Gasteiger charge is -2.19. The first-order valence-corrected chi connectivity index (χ1v) is 13.7. The van der Waals surface area contributed by atoms with Crippen LogP contribution in [-0.4, -0.2) is 36.6 Å². The van der Waals surface area contributed by atoms with Crippen LogP contribution in [-0.2, 0) is 16.4 Å². The van der Waals surface area contributed by atoms with E-state index >= 15 is 0 Å². The van der Waals surface area contributed by atoms with Gasteiger partial charge in [-0.1, -0.05) is 30.6 Å². The quantitative estimate of drug-likeness (QED) is 0.370. The summed E-state index contributed by atoms with van der Waals surface area (Å²) in [6, 6.07) is 2.15. The van der Waals surface area contributed by atoms with Gasteiger partial charge in [0.05, 0.1) is 32.5 Å². The number of non-ortho nitro benzene ring substituents is 1. The number of sulfone groups is 1. The van der Waals surface area contributed by atoms with Crippen molar-refractivity contribution in [2.24, 2.45) is 0 Å². The van der Waals surface area contributed by atoms with E-state index in [0.717, 1.165) is 53.3 Å². The minimum absolute atomic E-state index is 0.0741. The van der Waals surface area contributed by atoms with Gasteiger partial charge in [-0.3, -0.25) is 14.9 Å². The van der Waals surface area contributed by atoms with E-state index in [-0.39, 0.29) is 15.0 Å². The number of hydrogen-bond donors (Lipinski definition) is 0. The molecule has 0 aliphatic heterocycles. The summed E-state index contributed by atoms with van der Waals surface area (Å²) < 4.78 is 23.9. The first-order chi connectivity index (χ1) is 15.1. The highest BCUT2D eigenvalue weighted by Crippen LogP contribution is 2.36. The van der Waals surface area contributed by atoms with Crippen molar-refractivity contribution in [1.29, 1.82) is 0 Å². The lowest BCUT2D eigenvalue weighted by Crippen LogP contribution is -2.20. The van der Waals surface area contributed by atoms with Crippen molar-refractivity contribution in [2.45, 2.75) is 49.5 Å². The van der Waals surface area contributed by atoms with Crippen LogP contribution in [0.15, 0.2) is 27.2 Å². The van der Waals surface area contributed by atoms with E-state index in [1.165, 1.54) is 19.3 Å².